The SMILES string of the molecule is CCCCNC(=O)NC1OC(CO)C(O)C1O. The van der Waals surface area contributed by atoms with E-state index < -0.39 is 37.2 Å². The molecule has 1 rings (SSSR count). The fourth-order valence-electron chi connectivity index (χ4n) is 1.58. The van der Waals surface area contributed by atoms with E-state index in [1.54, 1.807) is 0 Å². The minimum Gasteiger partial charge on any atom is -0.394 e. The third-order valence-electron chi connectivity index (χ3n) is 2.63. The largest absolute Gasteiger partial charge is 0.394 e. The van der Waals surface area contributed by atoms with Crippen LogP contribution in [0.25, 0.3) is 0 Å². The van der Waals surface area contributed by atoms with Gasteiger partial charge in [-0.05, 0) is 6.42 Å². The van der Waals surface area contributed by atoms with Crippen molar-refractivity contribution in [3.8, 4) is 0 Å². The Labute approximate surface area is 99.8 Å². The predicted molar refractivity (Wildman–Crippen MR) is 59.2 cm³/mol. The topological polar surface area (TPSA) is 111 Å². The Balaban J connectivity index is 2.34. The Bertz CT molecular complexity index is 251. The van der Waals surface area contributed by atoms with Crippen LogP contribution in [-0.4, -0.2) is 59.0 Å². The molecule has 5 N–H and O–H groups in total. The minimum atomic E-state index is -1.23. The quantitative estimate of drug-likeness (QED) is 0.381. The molecule has 0 spiro atoms. The van der Waals surface area contributed by atoms with Crippen molar-refractivity contribution in [2.24, 2.45) is 0 Å². The van der Waals surface area contributed by atoms with Crippen LogP contribution < -0.4 is 10.6 Å². The number of carbonyl (C=O) groups excluding carboxylic acids is 1. The van der Waals surface area contributed by atoms with E-state index >= 15 is 0 Å². The van der Waals surface area contributed by atoms with E-state index in [0.29, 0.717) is 6.54 Å². The number of amides is 2. The summed E-state index contributed by atoms with van der Waals surface area (Å²) in [6.45, 7) is 2.14. The normalized spacial score (nSPS) is 32.5. The van der Waals surface area contributed by atoms with Gasteiger partial charge in [-0.2, -0.15) is 0 Å². The maximum Gasteiger partial charge on any atom is 0.316 e. The third kappa shape index (κ3) is 3.81. The van der Waals surface area contributed by atoms with Crippen molar-refractivity contribution in [1.29, 1.82) is 0 Å². The van der Waals surface area contributed by atoms with E-state index in [0.717, 1.165) is 12.8 Å². The summed E-state index contributed by atoms with van der Waals surface area (Å²) in [5, 5.41) is 32.8. The fraction of sp³-hybridized carbons (Fsp3) is 0.900. The van der Waals surface area contributed by atoms with Crippen LogP contribution in [0.15, 0.2) is 0 Å². The van der Waals surface area contributed by atoms with Gasteiger partial charge >= 0.3 is 6.03 Å². The molecule has 1 heterocycles. The van der Waals surface area contributed by atoms with Gasteiger partial charge in [-0.3, -0.25) is 0 Å². The lowest BCUT2D eigenvalue weighted by molar-refractivity contribution is -0.0284. The first kappa shape index (κ1) is 14.2. The summed E-state index contributed by atoms with van der Waals surface area (Å²) in [5.41, 5.74) is 0. The molecule has 17 heavy (non-hydrogen) atoms. The Morgan fingerprint density at radius 2 is 2.06 bits per heavy atom. The third-order valence-corrected chi connectivity index (χ3v) is 2.63. The summed E-state index contributed by atoms with van der Waals surface area (Å²) < 4.78 is 5.09. The first-order chi connectivity index (χ1) is 8.10. The second-order valence-electron chi connectivity index (χ2n) is 4.01. The summed E-state index contributed by atoms with van der Waals surface area (Å²) in [6, 6.07) is -0.465. The number of rotatable bonds is 5. The standard InChI is InChI=1S/C10H20N2O5/c1-2-3-4-11-10(16)12-9-8(15)7(14)6(5-13)17-9/h6-9,13-15H,2-5H2,1H3,(H2,11,12,16). The van der Waals surface area contributed by atoms with Gasteiger partial charge in [0.1, 0.15) is 18.3 Å². The van der Waals surface area contributed by atoms with Crippen LogP contribution in [0.5, 0.6) is 0 Å². The van der Waals surface area contributed by atoms with Crippen molar-refractivity contribution in [3.63, 3.8) is 0 Å². The van der Waals surface area contributed by atoms with Crippen molar-refractivity contribution >= 4 is 6.03 Å². The number of unbranched alkanes of at least 4 members (excludes halogenated alkanes) is 1. The number of aliphatic hydroxyl groups is 3. The second kappa shape index (κ2) is 6.75. The average Bonchev–Trinajstić information content (AvgIpc) is 2.57. The molecule has 0 radical (unpaired) electrons. The van der Waals surface area contributed by atoms with Gasteiger partial charge in [-0.25, -0.2) is 4.79 Å². The van der Waals surface area contributed by atoms with Crippen LogP contribution in [0.3, 0.4) is 0 Å². The molecule has 1 aliphatic heterocycles. The molecule has 7 nitrogen and oxygen atoms in total. The monoisotopic (exact) mass is 248 g/mol. The first-order valence-corrected chi connectivity index (χ1v) is 5.77. The zero-order valence-corrected chi connectivity index (χ0v) is 9.80. The average molecular weight is 248 g/mol. The highest BCUT2D eigenvalue weighted by atomic mass is 16.6. The van der Waals surface area contributed by atoms with E-state index in [2.05, 4.69) is 10.6 Å². The van der Waals surface area contributed by atoms with Gasteiger partial charge in [0.05, 0.1) is 6.61 Å². The summed E-state index contributed by atoms with van der Waals surface area (Å²) in [5.74, 6) is 0. The molecule has 0 saturated carbocycles. The molecule has 0 aromatic heterocycles. The predicted octanol–water partition coefficient (Wildman–Crippen LogP) is -1.48. The molecule has 7 heteroatoms. The van der Waals surface area contributed by atoms with Gasteiger partial charge in [-0.1, -0.05) is 13.3 Å². The summed E-state index contributed by atoms with van der Waals surface area (Å²) in [6.07, 6.45) is -2.46. The molecule has 1 saturated heterocycles. The highest BCUT2D eigenvalue weighted by Gasteiger charge is 2.42. The molecule has 4 unspecified atom stereocenters. The van der Waals surface area contributed by atoms with Crippen LogP contribution in [0, 0.1) is 0 Å². The molecule has 100 valence electrons. The number of urea groups is 1. The number of ether oxygens (including phenoxy) is 1. The molecular formula is C10H20N2O5. The van der Waals surface area contributed by atoms with Crippen molar-refractivity contribution in [3.05, 3.63) is 0 Å². The van der Waals surface area contributed by atoms with Gasteiger partial charge in [-0.15, -0.1) is 0 Å². The molecule has 2 amide bonds. The smallest absolute Gasteiger partial charge is 0.316 e. The van der Waals surface area contributed by atoms with Gasteiger partial charge in [0.2, 0.25) is 0 Å². The van der Waals surface area contributed by atoms with E-state index in [1.165, 1.54) is 0 Å². The van der Waals surface area contributed by atoms with Crippen LogP contribution in [0.2, 0.25) is 0 Å². The Morgan fingerprint density at radius 3 is 2.59 bits per heavy atom. The lowest BCUT2D eigenvalue weighted by Crippen LogP contribution is -2.48. The minimum absolute atomic E-state index is 0.409. The molecule has 1 fully saturated rings. The van der Waals surface area contributed by atoms with Crippen molar-refractivity contribution in [2.75, 3.05) is 13.2 Å². The van der Waals surface area contributed by atoms with Gasteiger partial charge in [0.25, 0.3) is 0 Å². The summed E-state index contributed by atoms with van der Waals surface area (Å²) >= 11 is 0. The number of carbonyl (C=O) groups is 1. The molecule has 4 atom stereocenters. The van der Waals surface area contributed by atoms with Gasteiger partial charge in [0, 0.05) is 6.54 Å². The van der Waals surface area contributed by atoms with E-state index in [4.69, 9.17) is 9.84 Å². The lowest BCUT2D eigenvalue weighted by Gasteiger charge is -2.16. The van der Waals surface area contributed by atoms with E-state index in [-0.39, 0.29) is 0 Å². The Kier molecular flexibility index (Phi) is 5.63. The van der Waals surface area contributed by atoms with Crippen LogP contribution >= 0.6 is 0 Å². The Hall–Kier alpha value is -0.890. The van der Waals surface area contributed by atoms with Crippen molar-refractivity contribution in [1.82, 2.24) is 10.6 Å². The van der Waals surface area contributed by atoms with Crippen molar-refractivity contribution < 1.29 is 24.9 Å². The van der Waals surface area contributed by atoms with Crippen molar-refractivity contribution in [2.45, 2.75) is 44.3 Å². The molecular weight excluding hydrogens is 228 g/mol. The number of nitrogens with one attached hydrogen (secondary N) is 2. The maximum absolute atomic E-state index is 11.4. The molecule has 1 aliphatic rings. The summed E-state index contributed by atoms with van der Waals surface area (Å²) in [7, 11) is 0. The van der Waals surface area contributed by atoms with E-state index in [9.17, 15) is 15.0 Å². The molecule has 0 aliphatic carbocycles. The fourth-order valence-corrected chi connectivity index (χ4v) is 1.58. The molecule has 0 aromatic carbocycles. The zero-order valence-electron chi connectivity index (χ0n) is 9.80. The molecule has 0 bridgehead atoms. The highest BCUT2D eigenvalue weighted by Crippen LogP contribution is 2.18. The molecule has 0 aromatic rings. The number of hydrogen-bond donors (Lipinski definition) is 5. The number of aliphatic hydroxyl groups excluding tert-OH is 3. The van der Waals surface area contributed by atoms with Gasteiger partial charge in [0.15, 0.2) is 6.23 Å². The van der Waals surface area contributed by atoms with E-state index in [1.807, 2.05) is 6.92 Å². The highest BCUT2D eigenvalue weighted by molar-refractivity contribution is 5.74. The van der Waals surface area contributed by atoms with Crippen LogP contribution in [0.4, 0.5) is 4.79 Å². The maximum atomic E-state index is 11.4. The zero-order chi connectivity index (χ0) is 12.8. The Morgan fingerprint density at radius 1 is 1.35 bits per heavy atom. The van der Waals surface area contributed by atoms with Crippen LogP contribution in [0.1, 0.15) is 19.8 Å². The lowest BCUT2D eigenvalue weighted by atomic mass is 10.1. The second-order valence-corrected chi connectivity index (χ2v) is 4.01. The van der Waals surface area contributed by atoms with Crippen LogP contribution in [-0.2, 0) is 4.74 Å². The number of hydrogen-bond acceptors (Lipinski definition) is 5. The first-order valence-electron chi connectivity index (χ1n) is 5.77. The summed E-state index contributed by atoms with van der Waals surface area (Å²) in [4.78, 5) is 11.4. The van der Waals surface area contributed by atoms with Gasteiger partial charge < -0.3 is 30.7 Å².